The van der Waals surface area contributed by atoms with Gasteiger partial charge in [0.2, 0.25) is 5.91 Å². The molecule has 2 atom stereocenters. The van der Waals surface area contributed by atoms with E-state index in [2.05, 4.69) is 104 Å². The van der Waals surface area contributed by atoms with Gasteiger partial charge in [-0.1, -0.05) is 38.1 Å². The zero-order chi connectivity index (χ0) is 29.7. The number of carbonyl (C=O) groups excluding carboxylic acids is 1. The number of hydrogen-bond donors (Lipinski definition) is 2. The van der Waals surface area contributed by atoms with Gasteiger partial charge in [0.25, 0.3) is 0 Å². The summed E-state index contributed by atoms with van der Waals surface area (Å²) in [4.78, 5) is 32.9. The van der Waals surface area contributed by atoms with Crippen LogP contribution in [-0.4, -0.2) is 64.0 Å². The van der Waals surface area contributed by atoms with Crippen molar-refractivity contribution in [2.24, 2.45) is 5.73 Å². The van der Waals surface area contributed by atoms with E-state index in [0.29, 0.717) is 5.92 Å². The number of benzene rings is 2. The number of nitrogens with two attached hydrogens (primary N) is 1. The highest BCUT2D eigenvalue weighted by atomic mass is 16.1. The van der Waals surface area contributed by atoms with Crippen molar-refractivity contribution in [2.75, 3.05) is 36.0 Å². The van der Waals surface area contributed by atoms with Crippen LogP contribution in [0.1, 0.15) is 61.6 Å². The number of carbonyl (C=O) groups is 1. The summed E-state index contributed by atoms with van der Waals surface area (Å²) in [5.41, 5.74) is 15.2. The first-order valence-electron chi connectivity index (χ1n) is 15.2. The first-order valence-corrected chi connectivity index (χ1v) is 15.2. The van der Waals surface area contributed by atoms with Crippen LogP contribution in [0.25, 0.3) is 22.3 Å². The highest BCUT2D eigenvalue weighted by Gasteiger charge is 2.34. The fraction of sp³-hybridized carbons (Fsp3) is 0.441. The smallest absolute Gasteiger partial charge is 0.231 e. The number of anilines is 2. The second-order valence-electron chi connectivity index (χ2n) is 12.6. The molecule has 4 heterocycles. The number of fused-ring (bicyclic) bond motifs is 2. The third kappa shape index (κ3) is 5.13. The van der Waals surface area contributed by atoms with Gasteiger partial charge in [-0.2, -0.15) is 0 Å². The summed E-state index contributed by atoms with van der Waals surface area (Å²) < 4.78 is 0. The molecule has 0 bridgehead atoms. The molecule has 2 aliphatic rings. The van der Waals surface area contributed by atoms with Crippen molar-refractivity contribution in [3.63, 3.8) is 0 Å². The first kappa shape index (κ1) is 28.2. The predicted molar refractivity (Wildman–Crippen MR) is 171 cm³/mol. The molecule has 1 fully saturated rings. The number of piperazine rings is 1. The summed E-state index contributed by atoms with van der Waals surface area (Å²) in [6, 6.07) is 13.5. The highest BCUT2D eigenvalue weighted by Crippen LogP contribution is 2.37. The largest absolute Gasteiger partial charge is 0.369 e. The van der Waals surface area contributed by atoms with Gasteiger partial charge >= 0.3 is 0 Å². The third-order valence-corrected chi connectivity index (χ3v) is 9.17. The average Bonchev–Trinajstić information content (AvgIpc) is 3.34. The number of primary amides is 1. The second-order valence-corrected chi connectivity index (χ2v) is 12.6. The van der Waals surface area contributed by atoms with Crippen LogP contribution in [0, 0.1) is 13.8 Å². The Morgan fingerprint density at radius 2 is 1.88 bits per heavy atom. The van der Waals surface area contributed by atoms with E-state index in [-0.39, 0.29) is 24.5 Å². The van der Waals surface area contributed by atoms with Gasteiger partial charge in [0.15, 0.2) is 5.82 Å². The molecular formula is C34H43N7O. The molecule has 2 aromatic heterocycles. The molecule has 0 spiro atoms. The van der Waals surface area contributed by atoms with E-state index in [0.717, 1.165) is 61.0 Å². The molecule has 4 aromatic rings. The minimum atomic E-state index is -0.284. The van der Waals surface area contributed by atoms with Gasteiger partial charge in [0.1, 0.15) is 5.82 Å². The number of rotatable bonds is 6. The monoisotopic (exact) mass is 565 g/mol. The first-order chi connectivity index (χ1) is 20.1. The van der Waals surface area contributed by atoms with Crippen molar-refractivity contribution < 1.29 is 4.79 Å². The van der Waals surface area contributed by atoms with Crippen molar-refractivity contribution in [1.29, 1.82) is 0 Å². The summed E-state index contributed by atoms with van der Waals surface area (Å²) in [6.45, 7) is 16.7. The normalized spacial score (nSPS) is 19.5. The summed E-state index contributed by atoms with van der Waals surface area (Å²) in [5, 5.41) is 1.18. The topological polar surface area (TPSA) is 94.4 Å². The fourth-order valence-corrected chi connectivity index (χ4v) is 6.74. The molecule has 0 unspecified atom stereocenters. The molecule has 0 aliphatic carbocycles. The summed E-state index contributed by atoms with van der Waals surface area (Å²) in [5.74, 6) is 1.99. The lowest BCUT2D eigenvalue weighted by Gasteiger charge is -2.45. The van der Waals surface area contributed by atoms with Crippen molar-refractivity contribution >= 4 is 28.3 Å². The Balaban J connectivity index is 1.46. The Morgan fingerprint density at radius 3 is 2.64 bits per heavy atom. The van der Waals surface area contributed by atoms with Gasteiger partial charge in [-0.05, 0) is 62.4 Å². The number of nitrogens with one attached hydrogen (secondary N) is 1. The molecule has 2 aromatic carbocycles. The number of H-pyrrole nitrogens is 1. The average molecular weight is 566 g/mol. The number of hydrogen-bond acceptors (Lipinski definition) is 6. The fourth-order valence-electron chi connectivity index (χ4n) is 6.74. The molecule has 2 aliphatic heterocycles. The Bertz CT molecular complexity index is 1640. The van der Waals surface area contributed by atoms with Crippen LogP contribution in [-0.2, 0) is 17.8 Å². The van der Waals surface area contributed by atoms with Gasteiger partial charge in [0, 0.05) is 78.6 Å². The lowest BCUT2D eigenvalue weighted by molar-refractivity contribution is -0.119. The molecule has 0 radical (unpaired) electrons. The van der Waals surface area contributed by atoms with Crippen LogP contribution < -0.4 is 15.5 Å². The number of aromatic amines is 1. The second kappa shape index (κ2) is 11.1. The molecule has 8 heteroatoms. The zero-order valence-electron chi connectivity index (χ0n) is 25.7. The van der Waals surface area contributed by atoms with Gasteiger partial charge in [-0.25, -0.2) is 9.97 Å². The van der Waals surface area contributed by atoms with E-state index < -0.39 is 0 Å². The molecule has 1 saturated heterocycles. The zero-order valence-corrected chi connectivity index (χ0v) is 25.7. The van der Waals surface area contributed by atoms with Gasteiger partial charge in [-0.15, -0.1) is 0 Å². The maximum atomic E-state index is 11.8. The molecule has 220 valence electrons. The Labute approximate surface area is 248 Å². The van der Waals surface area contributed by atoms with E-state index in [4.69, 9.17) is 15.7 Å². The molecule has 42 heavy (non-hydrogen) atoms. The summed E-state index contributed by atoms with van der Waals surface area (Å²) in [7, 11) is 0. The standard InChI is InChI=1S/C34H43N7O/c1-20(2)25-11-10-21(3)30(14-25)39-13-12-28-27(18-39)34(41-17-23(5)40(16-24(41)6)19-31(35)42)38-33(37-28)26-8-7-9-29-32(26)22(4)15-36-29/h7-11,14-15,20,23-24,36H,12-13,16-19H2,1-6H3,(H2,35,42)/t23-,24+/m0/s1. The highest BCUT2D eigenvalue weighted by molar-refractivity contribution is 5.96. The van der Waals surface area contributed by atoms with Crippen LogP contribution >= 0.6 is 0 Å². The van der Waals surface area contributed by atoms with E-state index in [1.54, 1.807) is 0 Å². The van der Waals surface area contributed by atoms with Crippen molar-refractivity contribution in [2.45, 2.75) is 72.5 Å². The lowest BCUT2D eigenvalue weighted by atomic mass is 9.97. The van der Waals surface area contributed by atoms with E-state index in [1.165, 1.54) is 33.3 Å². The molecule has 1 amide bonds. The SMILES string of the molecule is Cc1ccc(C(C)C)cc1N1CCc2nc(-c3cccc4[nH]cc(C)c34)nc(N3C[C@H](C)N(CC(N)=O)C[C@H]3C)c2C1. The van der Waals surface area contributed by atoms with Gasteiger partial charge in [-0.3, -0.25) is 9.69 Å². The minimum absolute atomic E-state index is 0.165. The van der Waals surface area contributed by atoms with E-state index >= 15 is 0 Å². The van der Waals surface area contributed by atoms with Crippen molar-refractivity contribution in [3.05, 3.63) is 70.5 Å². The Kier molecular flexibility index (Phi) is 7.43. The lowest BCUT2D eigenvalue weighted by Crippen LogP contribution is -2.58. The van der Waals surface area contributed by atoms with Gasteiger partial charge < -0.3 is 20.5 Å². The molecular weight excluding hydrogens is 522 g/mol. The van der Waals surface area contributed by atoms with E-state index in [9.17, 15) is 4.79 Å². The molecule has 8 nitrogen and oxygen atoms in total. The minimum Gasteiger partial charge on any atom is -0.369 e. The predicted octanol–water partition coefficient (Wildman–Crippen LogP) is 5.31. The van der Waals surface area contributed by atoms with E-state index in [1.807, 2.05) is 0 Å². The number of amides is 1. The number of aryl methyl sites for hydroxylation is 2. The van der Waals surface area contributed by atoms with Gasteiger partial charge in [0.05, 0.1) is 12.2 Å². The maximum Gasteiger partial charge on any atom is 0.231 e. The van der Waals surface area contributed by atoms with Crippen LogP contribution in [0.15, 0.2) is 42.6 Å². The molecule has 6 rings (SSSR count). The van der Waals surface area contributed by atoms with Crippen LogP contribution in [0.4, 0.5) is 11.5 Å². The van der Waals surface area contributed by atoms with Crippen LogP contribution in [0.2, 0.25) is 0 Å². The quantitative estimate of drug-likeness (QED) is 0.329. The number of aromatic nitrogens is 3. The van der Waals surface area contributed by atoms with Crippen LogP contribution in [0.3, 0.4) is 0 Å². The maximum absolute atomic E-state index is 11.8. The van der Waals surface area contributed by atoms with Crippen molar-refractivity contribution in [3.8, 4) is 11.4 Å². The summed E-state index contributed by atoms with van der Waals surface area (Å²) in [6.07, 6.45) is 2.91. The Morgan fingerprint density at radius 1 is 1.07 bits per heavy atom. The summed E-state index contributed by atoms with van der Waals surface area (Å²) >= 11 is 0. The molecule has 0 saturated carbocycles. The molecule has 3 N–H and O–H groups in total. The third-order valence-electron chi connectivity index (χ3n) is 9.17. The number of nitrogens with zero attached hydrogens (tertiary/aromatic N) is 5. The van der Waals surface area contributed by atoms with Crippen molar-refractivity contribution in [1.82, 2.24) is 19.9 Å². The Hall–Kier alpha value is -3.91. The van der Waals surface area contributed by atoms with Crippen LogP contribution in [0.5, 0.6) is 0 Å².